The molecule has 2 aromatic rings. The highest BCUT2D eigenvalue weighted by molar-refractivity contribution is 7.89. The topological polar surface area (TPSA) is 93.2 Å². The number of fused-ring (bicyclic) bond motifs is 1. The van der Waals surface area contributed by atoms with Crippen LogP contribution in [-0.2, 0) is 16.4 Å². The number of nitrogens with zero attached hydrogens (tertiary/aromatic N) is 1. The van der Waals surface area contributed by atoms with Gasteiger partial charge >= 0.3 is 0 Å². The maximum absolute atomic E-state index is 11.8. The molecule has 0 radical (unpaired) electrons. The molecule has 1 heterocycles. The van der Waals surface area contributed by atoms with Crippen LogP contribution in [0.25, 0.3) is 11.1 Å². The van der Waals surface area contributed by atoms with Crippen LogP contribution >= 0.6 is 11.6 Å². The van der Waals surface area contributed by atoms with Gasteiger partial charge in [-0.3, -0.25) is 0 Å². The molecule has 0 bridgehead atoms. The first-order chi connectivity index (χ1) is 10.4. The summed E-state index contributed by atoms with van der Waals surface area (Å²) >= 11 is 6.01. The minimum absolute atomic E-state index is 0.0454. The normalized spacial score (nSPS) is 13.3. The third-order valence-electron chi connectivity index (χ3n) is 3.42. The smallest absolute Gasteiger partial charge is 0.241 e. The zero-order chi connectivity index (χ0) is 15.9. The summed E-state index contributed by atoms with van der Waals surface area (Å²) in [6, 6.07) is 10.2. The molecule has 2 N–H and O–H groups in total. The van der Waals surface area contributed by atoms with Gasteiger partial charge in [0.1, 0.15) is 10.6 Å². The quantitative estimate of drug-likeness (QED) is 0.912. The lowest BCUT2D eigenvalue weighted by Crippen LogP contribution is -2.13. The number of primary sulfonamides is 1. The lowest BCUT2D eigenvalue weighted by atomic mass is 10.0. The average Bonchev–Trinajstić information content (AvgIpc) is 2.92. The fraction of sp³-hybridized carbons (Fsp3) is 0.133. The number of hydrogen-bond donors (Lipinski definition) is 1. The van der Waals surface area contributed by atoms with Gasteiger partial charge in [-0.2, -0.15) is 5.26 Å². The van der Waals surface area contributed by atoms with Gasteiger partial charge in [0.15, 0.2) is 0 Å². The van der Waals surface area contributed by atoms with Crippen molar-refractivity contribution >= 4 is 21.6 Å². The van der Waals surface area contributed by atoms with E-state index in [1.165, 1.54) is 6.07 Å². The van der Waals surface area contributed by atoms with E-state index in [0.717, 1.165) is 5.56 Å². The number of benzene rings is 2. The van der Waals surface area contributed by atoms with Gasteiger partial charge in [-0.1, -0.05) is 11.6 Å². The van der Waals surface area contributed by atoms with Crippen molar-refractivity contribution in [3.05, 3.63) is 46.5 Å². The fourth-order valence-electron chi connectivity index (χ4n) is 2.47. The van der Waals surface area contributed by atoms with E-state index >= 15 is 0 Å². The van der Waals surface area contributed by atoms with E-state index in [9.17, 15) is 8.42 Å². The average molecular weight is 335 g/mol. The first kappa shape index (κ1) is 14.9. The predicted molar refractivity (Wildman–Crippen MR) is 82.2 cm³/mol. The minimum atomic E-state index is -3.91. The van der Waals surface area contributed by atoms with Crippen LogP contribution in [0.1, 0.15) is 11.1 Å². The predicted octanol–water partition coefficient (Wildman–Crippen LogP) is 2.46. The summed E-state index contributed by atoms with van der Waals surface area (Å²) in [5.41, 5.74) is 2.47. The van der Waals surface area contributed by atoms with Crippen LogP contribution in [0, 0.1) is 11.3 Å². The lowest BCUT2D eigenvalue weighted by molar-refractivity contribution is 0.348. The molecule has 22 heavy (non-hydrogen) atoms. The Morgan fingerprint density at radius 1 is 1.18 bits per heavy atom. The Hall–Kier alpha value is -2.07. The molecule has 0 spiro atoms. The summed E-state index contributed by atoms with van der Waals surface area (Å²) in [4.78, 5) is -0.0454. The van der Waals surface area contributed by atoms with E-state index in [-0.39, 0.29) is 4.90 Å². The molecule has 1 aliphatic rings. The van der Waals surface area contributed by atoms with Crippen LogP contribution in [-0.4, -0.2) is 15.0 Å². The molecule has 112 valence electrons. The second kappa shape index (κ2) is 5.29. The Labute approximate surface area is 132 Å². The zero-order valence-corrected chi connectivity index (χ0v) is 12.9. The monoisotopic (exact) mass is 334 g/mol. The van der Waals surface area contributed by atoms with E-state index in [1.807, 2.05) is 12.1 Å². The van der Waals surface area contributed by atoms with Crippen molar-refractivity contribution in [2.75, 3.05) is 6.61 Å². The second-order valence-electron chi connectivity index (χ2n) is 4.95. The Morgan fingerprint density at radius 2 is 1.91 bits per heavy atom. The van der Waals surface area contributed by atoms with Gasteiger partial charge < -0.3 is 4.74 Å². The Morgan fingerprint density at radius 3 is 2.59 bits per heavy atom. The Kier molecular flexibility index (Phi) is 3.57. The number of nitrogens with two attached hydrogens (primary N) is 1. The van der Waals surface area contributed by atoms with Crippen molar-refractivity contribution < 1.29 is 13.2 Å². The van der Waals surface area contributed by atoms with Crippen molar-refractivity contribution in [1.82, 2.24) is 0 Å². The molecular formula is C15H11ClN2O3S. The number of hydrogen-bond acceptors (Lipinski definition) is 4. The molecule has 0 atom stereocenters. The van der Waals surface area contributed by atoms with E-state index in [0.29, 0.717) is 40.5 Å². The van der Waals surface area contributed by atoms with Crippen molar-refractivity contribution in [3.63, 3.8) is 0 Å². The summed E-state index contributed by atoms with van der Waals surface area (Å²) in [5, 5.41) is 14.7. The van der Waals surface area contributed by atoms with Crippen LogP contribution in [0.5, 0.6) is 5.75 Å². The van der Waals surface area contributed by atoms with Crippen LogP contribution < -0.4 is 9.88 Å². The van der Waals surface area contributed by atoms with Gasteiger partial charge in [-0.25, -0.2) is 13.6 Å². The van der Waals surface area contributed by atoms with E-state index in [1.54, 1.807) is 18.2 Å². The summed E-state index contributed by atoms with van der Waals surface area (Å²) in [6.07, 6.45) is 0.608. The number of rotatable bonds is 2. The highest BCUT2D eigenvalue weighted by Crippen LogP contribution is 2.37. The van der Waals surface area contributed by atoms with Crippen molar-refractivity contribution in [3.8, 4) is 22.9 Å². The molecule has 0 aromatic heterocycles. The third kappa shape index (κ3) is 2.66. The Balaban J connectivity index is 2.26. The maximum Gasteiger partial charge on any atom is 0.241 e. The van der Waals surface area contributed by atoms with Crippen LogP contribution in [0.2, 0.25) is 5.02 Å². The van der Waals surface area contributed by atoms with Crippen molar-refractivity contribution in [2.45, 2.75) is 11.3 Å². The molecular weight excluding hydrogens is 324 g/mol. The van der Waals surface area contributed by atoms with E-state index in [2.05, 4.69) is 0 Å². The van der Waals surface area contributed by atoms with Crippen molar-refractivity contribution in [2.24, 2.45) is 5.14 Å². The summed E-state index contributed by atoms with van der Waals surface area (Å²) in [5.74, 6) is 0.314. The van der Waals surface area contributed by atoms with Crippen molar-refractivity contribution in [1.29, 1.82) is 5.26 Å². The Bertz CT molecular complexity index is 917. The first-order valence-corrected chi connectivity index (χ1v) is 8.34. The molecule has 0 saturated heterocycles. The van der Waals surface area contributed by atoms with Crippen LogP contribution in [0.4, 0.5) is 0 Å². The van der Waals surface area contributed by atoms with E-state index in [4.69, 9.17) is 26.7 Å². The number of halogens is 1. The van der Waals surface area contributed by atoms with Crippen LogP contribution in [0.3, 0.4) is 0 Å². The highest BCUT2D eigenvalue weighted by Gasteiger charge is 2.24. The van der Waals surface area contributed by atoms with Gasteiger partial charge in [-0.05, 0) is 47.0 Å². The molecule has 2 aromatic carbocycles. The van der Waals surface area contributed by atoms with Gasteiger partial charge in [0.2, 0.25) is 10.0 Å². The van der Waals surface area contributed by atoms with E-state index < -0.39 is 10.0 Å². The SMILES string of the molecule is N#Cc1cc(Cl)cc(-c2cc3c(c(S(N)(=O)=O)c2)OCC3)c1. The highest BCUT2D eigenvalue weighted by atomic mass is 35.5. The third-order valence-corrected chi connectivity index (χ3v) is 4.55. The lowest BCUT2D eigenvalue weighted by Gasteiger charge is -2.10. The number of nitriles is 1. The summed E-state index contributed by atoms with van der Waals surface area (Å²) < 4.78 is 28.9. The first-order valence-electron chi connectivity index (χ1n) is 6.42. The van der Waals surface area contributed by atoms with Gasteiger partial charge in [-0.15, -0.1) is 0 Å². The van der Waals surface area contributed by atoms with Gasteiger partial charge in [0.05, 0.1) is 18.2 Å². The molecule has 0 fully saturated rings. The second-order valence-corrected chi connectivity index (χ2v) is 6.91. The standard InChI is InChI=1S/C15H11ClN2O3S/c16-13-4-9(8-17)3-11(6-13)12-5-10-1-2-21-15(10)14(7-12)22(18,19)20/h3-7H,1-2H2,(H2,18,19,20). The molecule has 0 amide bonds. The molecule has 0 saturated carbocycles. The summed E-state index contributed by atoms with van der Waals surface area (Å²) in [7, 11) is -3.91. The molecule has 7 heteroatoms. The molecule has 1 aliphatic heterocycles. The largest absolute Gasteiger partial charge is 0.492 e. The van der Waals surface area contributed by atoms with Gasteiger partial charge in [0, 0.05) is 11.4 Å². The minimum Gasteiger partial charge on any atom is -0.492 e. The number of sulfonamides is 1. The van der Waals surface area contributed by atoms with Crippen LogP contribution in [0.15, 0.2) is 35.2 Å². The van der Waals surface area contributed by atoms with Gasteiger partial charge in [0.25, 0.3) is 0 Å². The maximum atomic E-state index is 11.8. The molecule has 5 nitrogen and oxygen atoms in total. The summed E-state index contributed by atoms with van der Waals surface area (Å²) in [6.45, 7) is 0.417. The zero-order valence-electron chi connectivity index (χ0n) is 11.3. The fourth-order valence-corrected chi connectivity index (χ4v) is 3.45. The molecule has 0 unspecified atom stereocenters. The molecule has 0 aliphatic carbocycles. The molecule has 3 rings (SSSR count). The number of ether oxygens (including phenoxy) is 1.